The molecule has 57 heavy (non-hydrogen) atoms. The standard InChI is InChI=1S/C40H54N6O10S/c1-39(2,3)56-38(50)41-31-11-9-7-5-6-8-10-26-23-40(26,37(49)44-57(51,52)29-13-14-29)43-34(47)32-22-28(24-46(32)36(31)48)55-35-30-15-12-27(53-4)20-25(30)21-33(42-35)45-16-18-54-19-17-45/h8,10,12,15,20-21,26,28-29,31-32H,5-7,9,11,13-14,16-19,22-24H2,1-4H3,(H,41,50)(H,43,47)(H,44,49)/t26-,28?,31+,32+,40-/m1/s1. The smallest absolute Gasteiger partial charge is 0.408 e. The van der Waals surface area contributed by atoms with E-state index in [4.69, 9.17) is 23.9 Å². The van der Waals surface area contributed by atoms with E-state index in [1.54, 1.807) is 27.9 Å². The number of carbonyl (C=O) groups excluding carboxylic acids is 4. The van der Waals surface area contributed by atoms with Crippen molar-refractivity contribution in [3.05, 3.63) is 36.4 Å². The normalized spacial score (nSPS) is 27.3. The molecule has 2 aliphatic carbocycles. The van der Waals surface area contributed by atoms with E-state index in [2.05, 4.69) is 20.3 Å². The number of anilines is 1. The van der Waals surface area contributed by atoms with Gasteiger partial charge in [0.2, 0.25) is 27.7 Å². The number of pyridine rings is 1. The SMILES string of the molecule is COc1ccc2c(OC3C[C@H]4C(=O)N[C@]5(C(=O)NS(=O)(=O)C6CC6)C[C@H]5C=CCCCCC[C@H](NC(=O)OC(C)(C)C)C(=O)N4C3)nc(N3CCOCC3)cc2c1. The summed E-state index contributed by atoms with van der Waals surface area (Å²) < 4.78 is 51.3. The van der Waals surface area contributed by atoms with Crippen molar-refractivity contribution in [2.45, 2.75) is 113 Å². The first-order valence-electron chi connectivity index (χ1n) is 20.0. The third-order valence-corrected chi connectivity index (χ3v) is 13.0. The van der Waals surface area contributed by atoms with Crippen molar-refractivity contribution in [2.75, 3.05) is 44.9 Å². The van der Waals surface area contributed by atoms with Crippen molar-refractivity contribution in [2.24, 2.45) is 5.92 Å². The van der Waals surface area contributed by atoms with Crippen molar-refractivity contribution in [3.8, 4) is 11.6 Å². The highest BCUT2D eigenvalue weighted by Crippen LogP contribution is 2.46. The fraction of sp³-hybridized carbons (Fsp3) is 0.625. The number of amides is 4. The topological polar surface area (TPSA) is 195 Å². The van der Waals surface area contributed by atoms with Crippen LogP contribution in [-0.4, -0.2) is 117 Å². The Hall–Kier alpha value is -4.64. The predicted octanol–water partition coefficient (Wildman–Crippen LogP) is 3.33. The number of hydrogen-bond acceptors (Lipinski definition) is 12. The maximum absolute atomic E-state index is 14.6. The molecule has 4 heterocycles. The summed E-state index contributed by atoms with van der Waals surface area (Å²) in [5, 5.41) is 6.56. The fourth-order valence-corrected chi connectivity index (χ4v) is 9.18. The van der Waals surface area contributed by atoms with Gasteiger partial charge in [-0.3, -0.25) is 19.1 Å². The number of morpholine rings is 1. The third-order valence-electron chi connectivity index (χ3n) is 11.1. The second kappa shape index (κ2) is 16.3. The summed E-state index contributed by atoms with van der Waals surface area (Å²) in [5.41, 5.74) is -2.33. The van der Waals surface area contributed by atoms with Crippen LogP contribution < -0.4 is 29.7 Å². The van der Waals surface area contributed by atoms with Crippen LogP contribution in [0.1, 0.15) is 78.6 Å². The molecular weight excluding hydrogens is 757 g/mol. The Labute approximate surface area is 333 Å². The molecule has 17 heteroatoms. The molecular formula is C40H54N6O10S. The number of alkyl carbamates (subject to hydrolysis) is 1. The second-order valence-electron chi connectivity index (χ2n) is 16.7. The third kappa shape index (κ3) is 9.40. The van der Waals surface area contributed by atoms with Gasteiger partial charge in [0.25, 0.3) is 5.91 Å². The lowest BCUT2D eigenvalue weighted by atomic mass is 10.0. The number of hydrogen-bond donors (Lipinski definition) is 3. The molecule has 2 saturated heterocycles. The van der Waals surface area contributed by atoms with Gasteiger partial charge in [0.15, 0.2) is 0 Å². The second-order valence-corrected chi connectivity index (χ2v) is 18.6. The highest BCUT2D eigenvalue weighted by molar-refractivity contribution is 7.91. The largest absolute Gasteiger partial charge is 0.497 e. The molecule has 2 aromatic rings. The highest BCUT2D eigenvalue weighted by Gasteiger charge is 2.62. The lowest BCUT2D eigenvalue weighted by Crippen LogP contribution is -2.58. The van der Waals surface area contributed by atoms with Crippen LogP contribution in [0.3, 0.4) is 0 Å². The Balaban J connectivity index is 1.21. The molecule has 3 aliphatic heterocycles. The molecule has 1 aromatic heterocycles. The number of carbonyl (C=O) groups is 4. The molecule has 4 amide bonds. The molecule has 2 saturated carbocycles. The van der Waals surface area contributed by atoms with Gasteiger partial charge < -0.3 is 39.4 Å². The summed E-state index contributed by atoms with van der Waals surface area (Å²) >= 11 is 0. The van der Waals surface area contributed by atoms with Gasteiger partial charge in [0, 0.05) is 30.8 Å². The molecule has 3 N–H and O–H groups in total. The first kappa shape index (κ1) is 40.6. The quantitative estimate of drug-likeness (QED) is 0.330. The minimum absolute atomic E-state index is 0.0247. The van der Waals surface area contributed by atoms with E-state index in [0.29, 0.717) is 81.2 Å². The molecule has 7 rings (SSSR count). The summed E-state index contributed by atoms with van der Waals surface area (Å²) in [5.74, 6) is -0.696. The van der Waals surface area contributed by atoms with Crippen LogP contribution in [0, 0.1) is 5.92 Å². The van der Waals surface area contributed by atoms with Crippen molar-refractivity contribution < 1.29 is 46.5 Å². The summed E-state index contributed by atoms with van der Waals surface area (Å²) in [6.07, 6.45) is 6.69. The number of aromatic nitrogens is 1. The Bertz CT molecular complexity index is 2010. The average Bonchev–Trinajstić information content (AvgIpc) is 4.09. The monoisotopic (exact) mass is 810 g/mol. The lowest BCUT2D eigenvalue weighted by molar-refractivity contribution is -0.141. The van der Waals surface area contributed by atoms with E-state index in [-0.39, 0.29) is 19.4 Å². The molecule has 16 nitrogen and oxygen atoms in total. The summed E-state index contributed by atoms with van der Waals surface area (Å²) in [6.45, 7) is 7.54. The molecule has 310 valence electrons. The molecule has 4 fully saturated rings. The first-order valence-corrected chi connectivity index (χ1v) is 21.5. The van der Waals surface area contributed by atoms with Crippen LogP contribution in [0.5, 0.6) is 11.6 Å². The van der Waals surface area contributed by atoms with Gasteiger partial charge in [-0.05, 0) is 88.9 Å². The van der Waals surface area contributed by atoms with Gasteiger partial charge in [0.05, 0.1) is 32.1 Å². The number of ether oxygens (including phenoxy) is 4. The van der Waals surface area contributed by atoms with Gasteiger partial charge in [-0.1, -0.05) is 25.0 Å². The summed E-state index contributed by atoms with van der Waals surface area (Å²) in [7, 11) is -2.31. The van der Waals surface area contributed by atoms with Crippen LogP contribution in [-0.2, 0) is 33.9 Å². The maximum atomic E-state index is 14.6. The van der Waals surface area contributed by atoms with E-state index in [9.17, 15) is 27.6 Å². The molecule has 0 bridgehead atoms. The predicted molar refractivity (Wildman–Crippen MR) is 210 cm³/mol. The van der Waals surface area contributed by atoms with Crippen molar-refractivity contribution in [1.29, 1.82) is 0 Å². The minimum Gasteiger partial charge on any atom is -0.497 e. The Kier molecular flexibility index (Phi) is 11.6. The molecule has 5 aliphatic rings. The van der Waals surface area contributed by atoms with Crippen molar-refractivity contribution in [3.63, 3.8) is 0 Å². The van der Waals surface area contributed by atoms with Crippen molar-refractivity contribution >= 4 is 50.4 Å². The number of sulfonamides is 1. The molecule has 5 atom stereocenters. The zero-order valence-electron chi connectivity index (χ0n) is 33.1. The Morgan fingerprint density at radius 1 is 1.05 bits per heavy atom. The number of benzene rings is 1. The van der Waals surface area contributed by atoms with Crippen LogP contribution in [0.4, 0.5) is 10.6 Å². The number of fused-ring (bicyclic) bond motifs is 3. The molecule has 0 radical (unpaired) electrons. The van der Waals surface area contributed by atoms with Crippen molar-refractivity contribution in [1.82, 2.24) is 25.2 Å². The van der Waals surface area contributed by atoms with Gasteiger partial charge >= 0.3 is 6.09 Å². The van der Waals surface area contributed by atoms with E-state index in [1.165, 1.54) is 4.90 Å². The van der Waals surface area contributed by atoms with E-state index >= 15 is 0 Å². The van der Waals surface area contributed by atoms with Gasteiger partial charge in [0.1, 0.15) is 40.9 Å². The Morgan fingerprint density at radius 2 is 1.82 bits per heavy atom. The first-order chi connectivity index (χ1) is 27.2. The zero-order valence-corrected chi connectivity index (χ0v) is 33.9. The molecule has 1 aromatic carbocycles. The van der Waals surface area contributed by atoms with E-state index in [0.717, 1.165) is 18.2 Å². The van der Waals surface area contributed by atoms with E-state index < -0.39 is 74.3 Å². The lowest BCUT2D eigenvalue weighted by Gasteiger charge is -2.30. The maximum Gasteiger partial charge on any atom is 0.408 e. The fourth-order valence-electron chi connectivity index (χ4n) is 7.82. The highest BCUT2D eigenvalue weighted by atomic mass is 32.2. The summed E-state index contributed by atoms with van der Waals surface area (Å²) in [6, 6.07) is 5.38. The zero-order chi connectivity index (χ0) is 40.5. The number of methoxy groups -OCH3 is 1. The summed E-state index contributed by atoms with van der Waals surface area (Å²) in [4.78, 5) is 64.5. The molecule has 1 unspecified atom stereocenters. The van der Waals surface area contributed by atoms with Gasteiger partial charge in [-0.15, -0.1) is 0 Å². The van der Waals surface area contributed by atoms with Gasteiger partial charge in [-0.25, -0.2) is 13.2 Å². The number of rotatable bonds is 8. The van der Waals surface area contributed by atoms with Crippen LogP contribution in [0.15, 0.2) is 36.4 Å². The van der Waals surface area contributed by atoms with Crippen LogP contribution >= 0.6 is 0 Å². The number of nitrogens with zero attached hydrogens (tertiary/aromatic N) is 3. The van der Waals surface area contributed by atoms with Crippen LogP contribution in [0.2, 0.25) is 0 Å². The number of nitrogens with one attached hydrogen (secondary N) is 3. The minimum atomic E-state index is -3.90. The van der Waals surface area contributed by atoms with E-state index in [1.807, 2.05) is 36.4 Å². The molecule has 0 spiro atoms. The average molecular weight is 811 g/mol. The van der Waals surface area contributed by atoms with Gasteiger partial charge in [-0.2, -0.15) is 4.98 Å². The Morgan fingerprint density at radius 3 is 2.54 bits per heavy atom. The number of allylic oxidation sites excluding steroid dienone is 1. The van der Waals surface area contributed by atoms with Crippen LogP contribution in [0.25, 0.3) is 10.8 Å².